The predicted octanol–water partition coefficient (Wildman–Crippen LogP) is 5.48. The Labute approximate surface area is 164 Å². The molecule has 27 heavy (non-hydrogen) atoms. The molecule has 2 aromatic carbocycles. The Hall–Kier alpha value is -3.04. The van der Waals surface area contributed by atoms with Gasteiger partial charge in [0.05, 0.1) is 22.0 Å². The summed E-state index contributed by atoms with van der Waals surface area (Å²) in [5.74, 6) is -1.20. The molecule has 2 heterocycles. The first kappa shape index (κ1) is 17.4. The molecule has 0 spiro atoms. The van der Waals surface area contributed by atoms with Crippen LogP contribution in [0.15, 0.2) is 63.5 Å². The third kappa shape index (κ3) is 3.46. The van der Waals surface area contributed by atoms with Crippen LogP contribution in [0, 0.1) is 10.1 Å². The molecule has 0 aliphatic heterocycles. The second-order valence-electron chi connectivity index (χ2n) is 5.53. The van der Waals surface area contributed by atoms with E-state index in [0.717, 1.165) is 31.3 Å². The fraction of sp³-hybridized carbons (Fsp3) is 0. The second-order valence-corrected chi connectivity index (χ2v) is 7.47. The highest BCUT2D eigenvalue weighted by atomic mass is 79.9. The molecule has 0 saturated heterocycles. The topological polar surface area (TPSA) is 98.3 Å². The number of para-hydroxylation sites is 1. The molecular weight excluding hydrogens is 434 g/mol. The van der Waals surface area contributed by atoms with Crippen LogP contribution in [0.5, 0.6) is 0 Å². The van der Waals surface area contributed by atoms with E-state index in [4.69, 9.17) is 4.42 Å². The van der Waals surface area contributed by atoms with Gasteiger partial charge in [-0.05, 0) is 36.4 Å². The summed E-state index contributed by atoms with van der Waals surface area (Å²) in [5.41, 5.74) is 2.14. The number of rotatable bonds is 4. The minimum Gasteiger partial charge on any atom is -0.395 e. The van der Waals surface area contributed by atoms with Crippen LogP contribution >= 0.6 is 27.3 Å². The Kier molecular flexibility index (Phi) is 4.46. The van der Waals surface area contributed by atoms with Crippen LogP contribution in [0.25, 0.3) is 20.8 Å². The average Bonchev–Trinajstić information content (AvgIpc) is 3.30. The zero-order valence-corrected chi connectivity index (χ0v) is 15.9. The van der Waals surface area contributed by atoms with Gasteiger partial charge in [-0.3, -0.25) is 14.9 Å². The number of carbonyl (C=O) groups excluding carboxylic acids is 1. The Bertz CT molecular complexity index is 1150. The van der Waals surface area contributed by atoms with E-state index in [9.17, 15) is 14.9 Å². The normalized spacial score (nSPS) is 10.9. The van der Waals surface area contributed by atoms with Crippen molar-refractivity contribution in [1.29, 1.82) is 0 Å². The van der Waals surface area contributed by atoms with Gasteiger partial charge in [0.2, 0.25) is 0 Å². The number of amides is 1. The van der Waals surface area contributed by atoms with Crippen LogP contribution < -0.4 is 5.32 Å². The number of anilines is 1. The van der Waals surface area contributed by atoms with Gasteiger partial charge in [-0.1, -0.05) is 28.1 Å². The number of nitro groups is 1. The number of halogens is 1. The molecule has 0 radical (unpaired) electrons. The largest absolute Gasteiger partial charge is 0.433 e. The Morgan fingerprint density at radius 1 is 1.19 bits per heavy atom. The van der Waals surface area contributed by atoms with Crippen molar-refractivity contribution in [2.75, 3.05) is 5.32 Å². The molecule has 2 aromatic heterocycles. The van der Waals surface area contributed by atoms with Gasteiger partial charge in [-0.15, -0.1) is 11.3 Å². The lowest BCUT2D eigenvalue weighted by Crippen LogP contribution is -2.11. The van der Waals surface area contributed by atoms with Crippen molar-refractivity contribution in [2.24, 2.45) is 0 Å². The first-order chi connectivity index (χ1) is 13.0. The number of fused-ring (bicyclic) bond motifs is 1. The fourth-order valence-electron chi connectivity index (χ4n) is 2.52. The van der Waals surface area contributed by atoms with E-state index in [-0.39, 0.29) is 5.76 Å². The summed E-state index contributed by atoms with van der Waals surface area (Å²) in [6.07, 6.45) is 0. The third-order valence-electron chi connectivity index (χ3n) is 3.75. The number of nitrogens with one attached hydrogen (secondary N) is 1. The Morgan fingerprint density at radius 2 is 2.00 bits per heavy atom. The molecule has 7 nitrogen and oxygen atoms in total. The lowest BCUT2D eigenvalue weighted by Gasteiger charge is -2.09. The highest BCUT2D eigenvalue weighted by Crippen LogP contribution is 2.36. The Morgan fingerprint density at radius 3 is 2.74 bits per heavy atom. The minimum absolute atomic E-state index is 0.139. The summed E-state index contributed by atoms with van der Waals surface area (Å²) in [6, 6.07) is 15.6. The maximum absolute atomic E-state index is 12.4. The molecule has 0 aliphatic rings. The smallest absolute Gasteiger partial charge is 0.395 e. The van der Waals surface area contributed by atoms with Crippen LogP contribution in [0.2, 0.25) is 0 Å². The number of thiazole rings is 1. The monoisotopic (exact) mass is 443 g/mol. The van der Waals surface area contributed by atoms with Crippen molar-refractivity contribution in [3.05, 3.63) is 74.9 Å². The summed E-state index contributed by atoms with van der Waals surface area (Å²) in [6.45, 7) is 0. The molecule has 0 unspecified atom stereocenters. The number of benzene rings is 2. The van der Waals surface area contributed by atoms with Gasteiger partial charge in [-0.2, -0.15) is 0 Å². The van der Waals surface area contributed by atoms with E-state index >= 15 is 0 Å². The molecule has 9 heteroatoms. The number of aromatic nitrogens is 1. The van der Waals surface area contributed by atoms with Gasteiger partial charge >= 0.3 is 5.88 Å². The highest BCUT2D eigenvalue weighted by Gasteiger charge is 2.19. The molecule has 1 amide bonds. The lowest BCUT2D eigenvalue weighted by atomic mass is 10.2. The summed E-state index contributed by atoms with van der Waals surface area (Å²) in [7, 11) is 0. The van der Waals surface area contributed by atoms with Gasteiger partial charge in [-0.25, -0.2) is 4.98 Å². The Balaban J connectivity index is 1.70. The van der Waals surface area contributed by atoms with Crippen molar-refractivity contribution >= 4 is 55.0 Å². The number of carbonyl (C=O) groups is 1. The lowest BCUT2D eigenvalue weighted by molar-refractivity contribution is -0.402. The molecule has 0 fully saturated rings. The second kappa shape index (κ2) is 6.93. The number of hydrogen-bond donors (Lipinski definition) is 1. The molecule has 134 valence electrons. The maximum Gasteiger partial charge on any atom is 0.433 e. The molecule has 0 aliphatic carbocycles. The van der Waals surface area contributed by atoms with Crippen LogP contribution in [0.1, 0.15) is 10.6 Å². The molecule has 1 N–H and O–H groups in total. The SMILES string of the molecule is O=C(Nc1ccc(Br)cc1-c1nc2ccccc2s1)c1ccc([N+](=O)[O-])o1. The van der Waals surface area contributed by atoms with Gasteiger partial charge in [0.1, 0.15) is 9.93 Å². The fourth-order valence-corrected chi connectivity index (χ4v) is 3.88. The van der Waals surface area contributed by atoms with Gasteiger partial charge in [0, 0.05) is 10.0 Å². The van der Waals surface area contributed by atoms with Crippen molar-refractivity contribution in [3.63, 3.8) is 0 Å². The van der Waals surface area contributed by atoms with Crippen molar-refractivity contribution in [2.45, 2.75) is 0 Å². The van der Waals surface area contributed by atoms with Gasteiger partial charge in [0.25, 0.3) is 5.91 Å². The molecule has 0 saturated carbocycles. The average molecular weight is 444 g/mol. The van der Waals surface area contributed by atoms with Crippen LogP contribution in [0.4, 0.5) is 11.6 Å². The first-order valence-corrected chi connectivity index (χ1v) is 9.33. The molecular formula is C18H10BrN3O4S. The van der Waals surface area contributed by atoms with Crippen LogP contribution in [-0.4, -0.2) is 15.8 Å². The zero-order valence-electron chi connectivity index (χ0n) is 13.5. The summed E-state index contributed by atoms with van der Waals surface area (Å²) in [4.78, 5) is 27.1. The number of nitrogens with zero attached hydrogens (tertiary/aromatic N) is 2. The van der Waals surface area contributed by atoms with Gasteiger partial charge in [0.15, 0.2) is 5.76 Å². The molecule has 0 bridgehead atoms. The number of furan rings is 1. The quantitative estimate of drug-likeness (QED) is 0.332. The van der Waals surface area contributed by atoms with E-state index < -0.39 is 16.7 Å². The van der Waals surface area contributed by atoms with Crippen molar-refractivity contribution < 1.29 is 14.1 Å². The standard InChI is InChI=1S/C18H10BrN3O4S/c19-10-5-6-12(20-17(23)14-7-8-16(26-14)22(24)25)11(9-10)18-21-13-3-1-2-4-15(13)27-18/h1-9H,(H,20,23). The number of hydrogen-bond acceptors (Lipinski definition) is 6. The summed E-state index contributed by atoms with van der Waals surface area (Å²) in [5, 5.41) is 14.2. The minimum atomic E-state index is -0.692. The zero-order chi connectivity index (χ0) is 19.0. The van der Waals surface area contributed by atoms with E-state index in [0.29, 0.717) is 5.69 Å². The predicted molar refractivity (Wildman–Crippen MR) is 106 cm³/mol. The van der Waals surface area contributed by atoms with E-state index in [1.165, 1.54) is 17.4 Å². The van der Waals surface area contributed by atoms with Gasteiger partial charge < -0.3 is 9.73 Å². The van der Waals surface area contributed by atoms with E-state index in [1.54, 1.807) is 12.1 Å². The van der Waals surface area contributed by atoms with Crippen LogP contribution in [-0.2, 0) is 0 Å². The van der Waals surface area contributed by atoms with E-state index in [1.807, 2.05) is 30.3 Å². The molecule has 4 aromatic rings. The summed E-state index contributed by atoms with van der Waals surface area (Å²) >= 11 is 4.95. The molecule has 4 rings (SSSR count). The molecule has 0 atom stereocenters. The van der Waals surface area contributed by atoms with Crippen molar-refractivity contribution in [3.8, 4) is 10.6 Å². The first-order valence-electron chi connectivity index (χ1n) is 7.72. The van der Waals surface area contributed by atoms with Crippen molar-refractivity contribution in [1.82, 2.24) is 4.98 Å². The summed E-state index contributed by atoms with van der Waals surface area (Å²) < 4.78 is 6.83. The maximum atomic E-state index is 12.4. The third-order valence-corrected chi connectivity index (χ3v) is 5.31. The highest BCUT2D eigenvalue weighted by molar-refractivity contribution is 9.10. The van der Waals surface area contributed by atoms with Crippen LogP contribution in [0.3, 0.4) is 0 Å². The van der Waals surface area contributed by atoms with E-state index in [2.05, 4.69) is 26.2 Å².